The van der Waals surface area contributed by atoms with E-state index in [0.29, 0.717) is 6.54 Å². The maximum atomic E-state index is 13.3. The SMILES string of the molecule is O=C1CCN(c2ccccc2)C(=O)N1c1cccc(F)c1. The van der Waals surface area contributed by atoms with Crippen LogP contribution in [-0.2, 0) is 4.79 Å². The maximum absolute atomic E-state index is 13.3. The number of rotatable bonds is 2. The molecule has 1 aliphatic heterocycles. The van der Waals surface area contributed by atoms with Crippen molar-refractivity contribution < 1.29 is 14.0 Å². The van der Waals surface area contributed by atoms with Crippen LogP contribution in [0.3, 0.4) is 0 Å². The van der Waals surface area contributed by atoms with Crippen molar-refractivity contribution >= 4 is 23.3 Å². The molecule has 0 bridgehead atoms. The van der Waals surface area contributed by atoms with E-state index in [1.54, 1.807) is 18.2 Å². The van der Waals surface area contributed by atoms with Gasteiger partial charge in [-0.1, -0.05) is 24.3 Å². The summed E-state index contributed by atoms with van der Waals surface area (Å²) in [4.78, 5) is 27.2. The van der Waals surface area contributed by atoms with Crippen LogP contribution in [0.2, 0.25) is 0 Å². The van der Waals surface area contributed by atoms with Crippen molar-refractivity contribution in [2.45, 2.75) is 6.42 Å². The molecule has 2 aromatic carbocycles. The fourth-order valence-electron chi connectivity index (χ4n) is 2.36. The van der Waals surface area contributed by atoms with Crippen molar-refractivity contribution in [2.75, 3.05) is 16.3 Å². The highest BCUT2D eigenvalue weighted by molar-refractivity contribution is 6.21. The lowest BCUT2D eigenvalue weighted by molar-refractivity contribution is -0.118. The van der Waals surface area contributed by atoms with Crippen LogP contribution in [0.1, 0.15) is 6.42 Å². The summed E-state index contributed by atoms with van der Waals surface area (Å²) in [6.45, 7) is 0.327. The van der Waals surface area contributed by atoms with Crippen LogP contribution < -0.4 is 9.80 Å². The van der Waals surface area contributed by atoms with Crippen LogP contribution in [-0.4, -0.2) is 18.5 Å². The second-order valence-electron chi connectivity index (χ2n) is 4.73. The lowest BCUT2D eigenvalue weighted by Crippen LogP contribution is -2.52. The van der Waals surface area contributed by atoms with Gasteiger partial charge in [-0.25, -0.2) is 14.1 Å². The van der Waals surface area contributed by atoms with Crippen molar-refractivity contribution in [2.24, 2.45) is 0 Å². The molecular weight excluding hydrogens is 271 g/mol. The number of urea groups is 1. The van der Waals surface area contributed by atoms with Gasteiger partial charge in [0, 0.05) is 18.7 Å². The Morgan fingerprint density at radius 2 is 1.62 bits per heavy atom. The number of anilines is 2. The number of imide groups is 1. The first-order chi connectivity index (χ1) is 10.2. The largest absolute Gasteiger partial charge is 0.335 e. The Labute approximate surface area is 121 Å². The Morgan fingerprint density at radius 1 is 0.905 bits per heavy atom. The van der Waals surface area contributed by atoms with Gasteiger partial charge in [0.05, 0.1) is 5.69 Å². The highest BCUT2D eigenvalue weighted by Gasteiger charge is 2.34. The third-order valence-corrected chi connectivity index (χ3v) is 3.36. The van der Waals surface area contributed by atoms with Crippen molar-refractivity contribution in [1.82, 2.24) is 0 Å². The molecule has 0 spiro atoms. The van der Waals surface area contributed by atoms with Crippen molar-refractivity contribution in [3.8, 4) is 0 Å². The Hall–Kier alpha value is -2.69. The normalized spacial score (nSPS) is 15.5. The van der Waals surface area contributed by atoms with Crippen LogP contribution in [0.25, 0.3) is 0 Å². The highest BCUT2D eigenvalue weighted by atomic mass is 19.1. The van der Waals surface area contributed by atoms with Crippen LogP contribution in [0, 0.1) is 5.82 Å². The van der Waals surface area contributed by atoms with Gasteiger partial charge in [0.25, 0.3) is 0 Å². The number of hydrogen-bond donors (Lipinski definition) is 0. The summed E-state index contributed by atoms with van der Waals surface area (Å²) in [5.74, 6) is -0.803. The van der Waals surface area contributed by atoms with E-state index in [1.165, 1.54) is 23.1 Å². The summed E-state index contributed by atoms with van der Waals surface area (Å²) in [7, 11) is 0. The Kier molecular flexibility index (Phi) is 3.39. The maximum Gasteiger partial charge on any atom is 0.335 e. The second-order valence-corrected chi connectivity index (χ2v) is 4.73. The van der Waals surface area contributed by atoms with E-state index in [1.807, 2.05) is 18.2 Å². The number of para-hydroxylation sites is 1. The first-order valence-corrected chi connectivity index (χ1v) is 6.62. The molecule has 0 N–H and O–H groups in total. The van der Waals surface area contributed by atoms with E-state index in [2.05, 4.69) is 0 Å². The molecule has 1 heterocycles. The minimum Gasteiger partial charge on any atom is -0.293 e. The highest BCUT2D eigenvalue weighted by Crippen LogP contribution is 2.25. The molecule has 4 nitrogen and oxygen atoms in total. The molecule has 1 fully saturated rings. The molecular formula is C16H13FN2O2. The predicted molar refractivity (Wildman–Crippen MR) is 77.7 cm³/mol. The molecule has 1 aliphatic rings. The van der Waals surface area contributed by atoms with E-state index in [4.69, 9.17) is 0 Å². The number of carbonyl (C=O) groups excluding carboxylic acids is 2. The predicted octanol–water partition coefficient (Wildman–Crippen LogP) is 3.19. The lowest BCUT2D eigenvalue weighted by atomic mass is 10.2. The molecule has 0 atom stereocenters. The van der Waals surface area contributed by atoms with Gasteiger partial charge in [0.1, 0.15) is 5.82 Å². The minimum atomic E-state index is -0.482. The van der Waals surface area contributed by atoms with Gasteiger partial charge in [-0.15, -0.1) is 0 Å². The fourth-order valence-corrected chi connectivity index (χ4v) is 2.36. The first kappa shape index (κ1) is 13.3. The average Bonchev–Trinajstić information content (AvgIpc) is 2.48. The standard InChI is InChI=1S/C16H13FN2O2/c17-12-5-4-8-14(11-12)19-15(20)9-10-18(16(19)21)13-6-2-1-3-7-13/h1-8,11H,9-10H2. The topological polar surface area (TPSA) is 40.6 Å². The van der Waals surface area contributed by atoms with Gasteiger partial charge in [0.2, 0.25) is 5.91 Å². The Morgan fingerprint density at radius 3 is 2.33 bits per heavy atom. The number of benzene rings is 2. The molecule has 2 aromatic rings. The van der Waals surface area contributed by atoms with E-state index < -0.39 is 11.8 Å². The van der Waals surface area contributed by atoms with Gasteiger partial charge >= 0.3 is 6.03 Å². The molecule has 3 amide bonds. The number of nitrogens with zero attached hydrogens (tertiary/aromatic N) is 2. The van der Waals surface area contributed by atoms with Gasteiger partial charge in [-0.3, -0.25) is 9.69 Å². The molecule has 3 rings (SSSR count). The minimum absolute atomic E-state index is 0.206. The first-order valence-electron chi connectivity index (χ1n) is 6.62. The third-order valence-electron chi connectivity index (χ3n) is 3.36. The summed E-state index contributed by atoms with van der Waals surface area (Å²) in [5, 5.41) is 0. The zero-order valence-electron chi connectivity index (χ0n) is 11.2. The van der Waals surface area contributed by atoms with Gasteiger partial charge in [-0.2, -0.15) is 0 Å². The number of carbonyl (C=O) groups is 2. The smallest absolute Gasteiger partial charge is 0.293 e. The summed E-state index contributed by atoms with van der Waals surface area (Å²) in [5.41, 5.74) is 0.974. The summed E-state index contributed by atoms with van der Waals surface area (Å²) in [6.07, 6.45) is 0.206. The summed E-state index contributed by atoms with van der Waals surface area (Å²) >= 11 is 0. The molecule has 0 radical (unpaired) electrons. The van der Waals surface area contributed by atoms with Gasteiger partial charge in [0.15, 0.2) is 0 Å². The molecule has 0 aromatic heterocycles. The summed E-state index contributed by atoms with van der Waals surface area (Å²) in [6, 6.07) is 14.1. The van der Waals surface area contributed by atoms with E-state index >= 15 is 0 Å². The van der Waals surface area contributed by atoms with Crippen molar-refractivity contribution in [3.05, 3.63) is 60.4 Å². The molecule has 0 saturated carbocycles. The molecule has 106 valence electrons. The zero-order valence-corrected chi connectivity index (χ0v) is 11.2. The van der Waals surface area contributed by atoms with Crippen LogP contribution in [0.5, 0.6) is 0 Å². The van der Waals surface area contributed by atoms with Crippen LogP contribution in [0.15, 0.2) is 54.6 Å². The van der Waals surface area contributed by atoms with Crippen molar-refractivity contribution in [3.63, 3.8) is 0 Å². The molecule has 0 aliphatic carbocycles. The molecule has 5 heteroatoms. The number of amides is 3. The molecule has 1 saturated heterocycles. The summed E-state index contributed by atoms with van der Waals surface area (Å²) < 4.78 is 13.3. The van der Waals surface area contributed by atoms with Gasteiger partial charge < -0.3 is 0 Å². The molecule has 21 heavy (non-hydrogen) atoms. The van der Waals surface area contributed by atoms with E-state index in [9.17, 15) is 14.0 Å². The van der Waals surface area contributed by atoms with Crippen LogP contribution in [0.4, 0.5) is 20.6 Å². The number of hydrogen-bond acceptors (Lipinski definition) is 2. The Balaban J connectivity index is 1.96. The Bertz CT molecular complexity index is 688. The van der Waals surface area contributed by atoms with Gasteiger partial charge in [-0.05, 0) is 30.3 Å². The van der Waals surface area contributed by atoms with Crippen molar-refractivity contribution in [1.29, 1.82) is 0 Å². The number of halogens is 1. The van der Waals surface area contributed by atoms with E-state index in [0.717, 1.165) is 10.6 Å². The van der Waals surface area contributed by atoms with E-state index in [-0.39, 0.29) is 18.0 Å². The second kappa shape index (κ2) is 5.36. The van der Waals surface area contributed by atoms with Crippen LogP contribution >= 0.6 is 0 Å². The quantitative estimate of drug-likeness (QED) is 0.849. The lowest BCUT2D eigenvalue weighted by Gasteiger charge is -2.34. The molecule has 0 unspecified atom stereocenters. The third kappa shape index (κ3) is 2.50. The fraction of sp³-hybridized carbons (Fsp3) is 0.125. The average molecular weight is 284 g/mol. The monoisotopic (exact) mass is 284 g/mol. The zero-order chi connectivity index (χ0) is 14.8.